The lowest BCUT2D eigenvalue weighted by Gasteiger charge is -2.20. The number of benzene rings is 1. The van der Waals surface area contributed by atoms with E-state index in [9.17, 15) is 13.2 Å². The third kappa shape index (κ3) is 4.40. The minimum absolute atomic E-state index is 0.00869. The Morgan fingerprint density at radius 3 is 2.58 bits per heavy atom. The van der Waals surface area contributed by atoms with Crippen LogP contribution in [0, 0.1) is 0 Å². The molecule has 1 amide bonds. The van der Waals surface area contributed by atoms with Crippen LogP contribution in [0.3, 0.4) is 0 Å². The van der Waals surface area contributed by atoms with Crippen molar-refractivity contribution in [3.8, 4) is 0 Å². The first kappa shape index (κ1) is 18.8. The third-order valence-corrected chi connectivity index (χ3v) is 6.07. The second-order valence-electron chi connectivity index (χ2n) is 6.69. The number of amides is 1. The second kappa shape index (κ2) is 8.14. The molecule has 140 valence electrons. The number of hydrogen-bond donors (Lipinski definition) is 1. The maximum absolute atomic E-state index is 12.7. The predicted molar refractivity (Wildman–Crippen MR) is 99.1 cm³/mol. The largest absolute Gasteiger partial charge is 0.365 e. The molecule has 1 aliphatic carbocycles. The molecule has 3 rings (SSSR count). The molecule has 0 spiro atoms. The van der Waals surface area contributed by atoms with Crippen molar-refractivity contribution in [3.63, 3.8) is 0 Å². The summed E-state index contributed by atoms with van der Waals surface area (Å²) in [4.78, 5) is 16.5. The molecule has 1 saturated carbocycles. The van der Waals surface area contributed by atoms with Crippen LogP contribution in [0.25, 0.3) is 10.9 Å². The molecule has 1 heterocycles. The van der Waals surface area contributed by atoms with Crippen molar-refractivity contribution in [2.45, 2.75) is 62.6 Å². The molecule has 1 aromatic heterocycles. The second-order valence-corrected chi connectivity index (χ2v) is 8.34. The number of ether oxygens (including phenoxy) is 1. The molecule has 2 aromatic rings. The number of fused-ring (bicyclic) bond motifs is 1. The topological polar surface area (TPSA) is 85.4 Å². The lowest BCUT2D eigenvalue weighted by Crippen LogP contribution is -2.40. The molecule has 7 heteroatoms. The molecular formula is C19H24N2O4S. The summed E-state index contributed by atoms with van der Waals surface area (Å²) >= 11 is 0. The summed E-state index contributed by atoms with van der Waals surface area (Å²) in [6.07, 6.45) is 7.08. The predicted octanol–water partition coefficient (Wildman–Crippen LogP) is 3.17. The highest BCUT2D eigenvalue weighted by molar-refractivity contribution is 7.90. The van der Waals surface area contributed by atoms with Crippen LogP contribution >= 0.6 is 0 Å². The van der Waals surface area contributed by atoms with Gasteiger partial charge >= 0.3 is 0 Å². The van der Waals surface area contributed by atoms with Gasteiger partial charge in [0.2, 0.25) is 0 Å². The number of carbonyl (C=O) groups is 1. The van der Waals surface area contributed by atoms with Gasteiger partial charge in [-0.05, 0) is 31.9 Å². The van der Waals surface area contributed by atoms with Gasteiger partial charge in [0.1, 0.15) is 11.0 Å². The van der Waals surface area contributed by atoms with Crippen LogP contribution < -0.4 is 4.72 Å². The van der Waals surface area contributed by atoms with Crippen LogP contribution in [0.15, 0.2) is 41.4 Å². The van der Waals surface area contributed by atoms with E-state index in [0.717, 1.165) is 25.7 Å². The van der Waals surface area contributed by atoms with Gasteiger partial charge in [-0.2, -0.15) is 0 Å². The molecule has 1 fully saturated rings. The summed E-state index contributed by atoms with van der Waals surface area (Å²) in [5.41, 5.74) is 0.340. The van der Waals surface area contributed by atoms with Gasteiger partial charge < -0.3 is 4.74 Å². The maximum Gasteiger partial charge on any atom is 0.266 e. The molecule has 1 atom stereocenters. The number of carbonyl (C=O) groups excluding carboxylic acids is 1. The average Bonchev–Trinajstić information content (AvgIpc) is 2.89. The van der Waals surface area contributed by atoms with Crippen molar-refractivity contribution >= 4 is 26.8 Å². The SMILES string of the molecule is C[C@H](OC1CCCCCC1)C(=O)NS(=O)(=O)c1cccc2cccnc12. The summed E-state index contributed by atoms with van der Waals surface area (Å²) in [6, 6.07) is 8.37. The molecule has 1 aromatic carbocycles. The Hall–Kier alpha value is -1.99. The molecule has 0 aliphatic heterocycles. The van der Waals surface area contributed by atoms with Crippen LogP contribution in [0.5, 0.6) is 0 Å². The van der Waals surface area contributed by atoms with Crippen molar-refractivity contribution in [3.05, 3.63) is 36.5 Å². The summed E-state index contributed by atoms with van der Waals surface area (Å²) in [6.45, 7) is 1.59. The lowest BCUT2D eigenvalue weighted by atomic mass is 10.1. The Morgan fingerprint density at radius 1 is 1.15 bits per heavy atom. The minimum atomic E-state index is -4.02. The number of nitrogens with one attached hydrogen (secondary N) is 1. The highest BCUT2D eigenvalue weighted by Crippen LogP contribution is 2.22. The molecule has 0 bridgehead atoms. The number of aromatic nitrogens is 1. The smallest absolute Gasteiger partial charge is 0.266 e. The average molecular weight is 376 g/mol. The normalized spacial score (nSPS) is 17.6. The van der Waals surface area contributed by atoms with Crippen LogP contribution in [0.2, 0.25) is 0 Å². The quantitative estimate of drug-likeness (QED) is 0.810. The Balaban J connectivity index is 1.72. The number of rotatable bonds is 5. The molecular weight excluding hydrogens is 352 g/mol. The minimum Gasteiger partial charge on any atom is -0.365 e. The summed E-state index contributed by atoms with van der Waals surface area (Å²) < 4.78 is 33.3. The zero-order chi connectivity index (χ0) is 18.6. The molecule has 26 heavy (non-hydrogen) atoms. The first-order valence-electron chi connectivity index (χ1n) is 9.03. The van der Waals surface area contributed by atoms with Crippen molar-refractivity contribution in [1.82, 2.24) is 9.71 Å². The Bertz CT molecular complexity index is 869. The van der Waals surface area contributed by atoms with Gasteiger partial charge in [-0.3, -0.25) is 9.78 Å². The Labute approximate surface area is 154 Å². The van der Waals surface area contributed by atoms with E-state index in [4.69, 9.17) is 4.74 Å². The summed E-state index contributed by atoms with van der Waals surface area (Å²) in [5, 5.41) is 0.700. The zero-order valence-corrected chi connectivity index (χ0v) is 15.7. The third-order valence-electron chi connectivity index (χ3n) is 4.69. The zero-order valence-electron chi connectivity index (χ0n) is 14.8. The van der Waals surface area contributed by atoms with Gasteiger partial charge in [0.25, 0.3) is 15.9 Å². The molecule has 0 radical (unpaired) electrons. The number of nitrogens with zero attached hydrogens (tertiary/aromatic N) is 1. The molecule has 0 unspecified atom stereocenters. The highest BCUT2D eigenvalue weighted by Gasteiger charge is 2.26. The van der Waals surface area contributed by atoms with Gasteiger partial charge in [0.05, 0.1) is 11.6 Å². The van der Waals surface area contributed by atoms with E-state index in [1.165, 1.54) is 25.1 Å². The van der Waals surface area contributed by atoms with Gasteiger partial charge in [-0.15, -0.1) is 0 Å². The summed E-state index contributed by atoms with van der Waals surface area (Å²) in [7, 11) is -4.02. The number of pyridine rings is 1. The maximum atomic E-state index is 12.7. The fourth-order valence-corrected chi connectivity index (χ4v) is 4.52. The van der Waals surface area contributed by atoms with E-state index < -0.39 is 22.0 Å². The van der Waals surface area contributed by atoms with Crippen molar-refractivity contribution in [1.29, 1.82) is 0 Å². The van der Waals surface area contributed by atoms with E-state index in [0.29, 0.717) is 10.9 Å². The van der Waals surface area contributed by atoms with Crippen LogP contribution in [0.4, 0.5) is 0 Å². The van der Waals surface area contributed by atoms with Gasteiger partial charge in [0, 0.05) is 11.6 Å². The molecule has 6 nitrogen and oxygen atoms in total. The fourth-order valence-electron chi connectivity index (χ4n) is 3.29. The van der Waals surface area contributed by atoms with E-state index in [1.807, 2.05) is 0 Å². The van der Waals surface area contributed by atoms with E-state index >= 15 is 0 Å². The van der Waals surface area contributed by atoms with Crippen molar-refractivity contribution in [2.75, 3.05) is 0 Å². The summed E-state index contributed by atoms with van der Waals surface area (Å²) in [5.74, 6) is -0.651. The van der Waals surface area contributed by atoms with Crippen molar-refractivity contribution in [2.24, 2.45) is 0 Å². The van der Waals surface area contributed by atoms with Gasteiger partial charge in [0.15, 0.2) is 0 Å². The molecule has 1 N–H and O–H groups in total. The Morgan fingerprint density at radius 2 is 1.85 bits per heavy atom. The van der Waals surface area contributed by atoms with E-state index in [-0.39, 0.29) is 11.0 Å². The number of sulfonamides is 1. The van der Waals surface area contributed by atoms with E-state index in [1.54, 1.807) is 31.2 Å². The van der Waals surface area contributed by atoms with Gasteiger partial charge in [-0.25, -0.2) is 13.1 Å². The standard InChI is InChI=1S/C19H24N2O4S/c1-14(25-16-10-4-2-3-5-11-16)19(22)21-26(23,24)17-12-6-8-15-9-7-13-20-18(15)17/h6-9,12-14,16H,2-5,10-11H2,1H3,(H,21,22)/t14-/m0/s1. The van der Waals surface area contributed by atoms with Crippen molar-refractivity contribution < 1.29 is 17.9 Å². The first-order valence-corrected chi connectivity index (χ1v) is 10.5. The molecule has 1 aliphatic rings. The van der Waals surface area contributed by atoms with E-state index in [2.05, 4.69) is 9.71 Å². The first-order chi connectivity index (χ1) is 12.5. The van der Waals surface area contributed by atoms with Gasteiger partial charge in [-0.1, -0.05) is 43.9 Å². The fraction of sp³-hybridized carbons (Fsp3) is 0.474. The highest BCUT2D eigenvalue weighted by atomic mass is 32.2. The molecule has 0 saturated heterocycles. The Kier molecular flexibility index (Phi) is 5.88. The lowest BCUT2D eigenvalue weighted by molar-refractivity contribution is -0.133. The number of hydrogen-bond acceptors (Lipinski definition) is 5. The van der Waals surface area contributed by atoms with Crippen LogP contribution in [-0.4, -0.2) is 31.5 Å². The van der Waals surface area contributed by atoms with Crippen LogP contribution in [0.1, 0.15) is 45.4 Å². The monoisotopic (exact) mass is 376 g/mol. The van der Waals surface area contributed by atoms with Crippen LogP contribution in [-0.2, 0) is 19.6 Å². The number of para-hydroxylation sites is 1.